The van der Waals surface area contributed by atoms with Crippen LogP contribution in [0.5, 0.6) is 0 Å². The first-order valence-corrected chi connectivity index (χ1v) is 7.36. The lowest BCUT2D eigenvalue weighted by molar-refractivity contribution is 0.176. The summed E-state index contributed by atoms with van der Waals surface area (Å²) in [5.74, 6) is 1.38. The van der Waals surface area contributed by atoms with Crippen molar-refractivity contribution in [2.75, 3.05) is 13.1 Å². The van der Waals surface area contributed by atoms with Crippen molar-refractivity contribution in [1.29, 1.82) is 0 Å². The van der Waals surface area contributed by atoms with Gasteiger partial charge in [-0.1, -0.05) is 24.4 Å². The fraction of sp³-hybridized carbons (Fsp3) is 0.929. The average Bonchev–Trinajstić information content (AvgIpc) is 2.88. The Balaban J connectivity index is 1.73. The van der Waals surface area contributed by atoms with Gasteiger partial charge < -0.3 is 5.21 Å². The summed E-state index contributed by atoms with van der Waals surface area (Å²) in [6.07, 6.45) is 10.7. The van der Waals surface area contributed by atoms with Gasteiger partial charge in [-0.05, 0) is 51.1 Å². The molecule has 0 amide bonds. The number of oxime groups is 1. The van der Waals surface area contributed by atoms with Gasteiger partial charge >= 0.3 is 0 Å². The molecule has 3 rings (SSSR count). The monoisotopic (exact) mass is 236 g/mol. The Morgan fingerprint density at radius 3 is 2.41 bits per heavy atom. The molecule has 0 radical (unpaired) electrons. The number of fused-ring (bicyclic) bond motifs is 2. The Kier molecular flexibility index (Phi) is 3.37. The fourth-order valence-corrected chi connectivity index (χ4v) is 4.23. The molecule has 0 spiro atoms. The highest BCUT2D eigenvalue weighted by Gasteiger charge is 2.47. The van der Waals surface area contributed by atoms with Crippen molar-refractivity contribution in [1.82, 2.24) is 4.90 Å². The van der Waals surface area contributed by atoms with E-state index in [9.17, 15) is 5.21 Å². The van der Waals surface area contributed by atoms with E-state index < -0.39 is 0 Å². The molecule has 96 valence electrons. The van der Waals surface area contributed by atoms with Crippen LogP contribution in [0.25, 0.3) is 0 Å². The third kappa shape index (κ3) is 2.10. The molecule has 0 aromatic carbocycles. The van der Waals surface area contributed by atoms with Crippen molar-refractivity contribution in [3.05, 3.63) is 0 Å². The first-order valence-electron chi connectivity index (χ1n) is 7.36. The van der Waals surface area contributed by atoms with E-state index in [1.165, 1.54) is 64.5 Å². The smallest absolute Gasteiger partial charge is 0.0775 e. The van der Waals surface area contributed by atoms with Crippen LogP contribution in [0.3, 0.4) is 0 Å². The van der Waals surface area contributed by atoms with Crippen LogP contribution in [0.4, 0.5) is 0 Å². The summed E-state index contributed by atoms with van der Waals surface area (Å²) in [5, 5.41) is 12.9. The van der Waals surface area contributed by atoms with E-state index in [4.69, 9.17) is 0 Å². The van der Waals surface area contributed by atoms with Gasteiger partial charge in [0.2, 0.25) is 0 Å². The quantitative estimate of drug-likeness (QED) is 0.561. The normalized spacial score (nSPS) is 41.6. The highest BCUT2D eigenvalue weighted by molar-refractivity contribution is 5.94. The maximum atomic E-state index is 9.28. The molecule has 0 unspecified atom stereocenters. The maximum Gasteiger partial charge on any atom is 0.0775 e. The number of rotatable bonds is 1. The van der Waals surface area contributed by atoms with Crippen molar-refractivity contribution in [3.8, 4) is 0 Å². The lowest BCUT2D eigenvalue weighted by Gasteiger charge is -2.35. The zero-order valence-electron chi connectivity index (χ0n) is 10.6. The van der Waals surface area contributed by atoms with Crippen molar-refractivity contribution >= 4 is 5.71 Å². The number of nitrogens with zero attached hydrogens (tertiary/aromatic N) is 2. The van der Waals surface area contributed by atoms with E-state index in [-0.39, 0.29) is 0 Å². The van der Waals surface area contributed by atoms with Crippen LogP contribution >= 0.6 is 0 Å². The van der Waals surface area contributed by atoms with Gasteiger partial charge in [-0.25, -0.2) is 0 Å². The second kappa shape index (κ2) is 4.97. The molecule has 1 aliphatic heterocycles. The van der Waals surface area contributed by atoms with Crippen LogP contribution in [-0.4, -0.2) is 35.0 Å². The molecule has 1 N–H and O–H groups in total. The first-order chi connectivity index (χ1) is 8.40. The fourth-order valence-electron chi connectivity index (χ4n) is 4.23. The molecule has 3 aliphatic rings. The molecule has 1 saturated heterocycles. The van der Waals surface area contributed by atoms with E-state index in [0.717, 1.165) is 11.6 Å². The second-order valence-corrected chi connectivity index (χ2v) is 6.04. The Morgan fingerprint density at radius 1 is 1.00 bits per heavy atom. The number of likely N-dealkylation sites (tertiary alicyclic amines) is 1. The molecule has 0 aromatic heterocycles. The molecule has 3 nitrogen and oxygen atoms in total. The molecule has 3 atom stereocenters. The van der Waals surface area contributed by atoms with Crippen LogP contribution in [0, 0.1) is 11.8 Å². The predicted molar refractivity (Wildman–Crippen MR) is 68.5 cm³/mol. The first kappa shape index (κ1) is 11.5. The summed E-state index contributed by atoms with van der Waals surface area (Å²) in [7, 11) is 0. The van der Waals surface area contributed by atoms with Crippen LogP contribution in [0.15, 0.2) is 5.16 Å². The highest BCUT2D eigenvalue weighted by Crippen LogP contribution is 2.45. The minimum atomic E-state index is 0.483. The number of hydrogen-bond acceptors (Lipinski definition) is 3. The summed E-state index contributed by atoms with van der Waals surface area (Å²) >= 11 is 0. The summed E-state index contributed by atoms with van der Waals surface area (Å²) in [5.41, 5.74) is 1.11. The summed E-state index contributed by atoms with van der Waals surface area (Å²) in [6.45, 7) is 2.43. The molecule has 17 heavy (non-hydrogen) atoms. The zero-order valence-corrected chi connectivity index (χ0v) is 10.6. The number of hydrogen-bond donors (Lipinski definition) is 1. The van der Waals surface area contributed by atoms with E-state index in [1.54, 1.807) is 0 Å². The molecule has 3 heteroatoms. The summed E-state index contributed by atoms with van der Waals surface area (Å²) in [6, 6.07) is 0.483. The van der Waals surface area contributed by atoms with Crippen molar-refractivity contribution in [3.63, 3.8) is 0 Å². The second-order valence-electron chi connectivity index (χ2n) is 6.04. The molecule has 2 saturated carbocycles. The van der Waals surface area contributed by atoms with Gasteiger partial charge in [0.15, 0.2) is 0 Å². The Hall–Kier alpha value is -0.570. The third-order valence-electron chi connectivity index (χ3n) is 5.04. The lowest BCUT2D eigenvalue weighted by Crippen LogP contribution is -2.46. The summed E-state index contributed by atoms with van der Waals surface area (Å²) in [4.78, 5) is 2.62. The average molecular weight is 236 g/mol. The molecule has 0 aromatic rings. The van der Waals surface area contributed by atoms with E-state index in [0.29, 0.717) is 12.0 Å². The Bertz CT molecular complexity index is 295. The van der Waals surface area contributed by atoms with Crippen LogP contribution in [0.2, 0.25) is 0 Å². The van der Waals surface area contributed by atoms with Crippen LogP contribution in [-0.2, 0) is 0 Å². The summed E-state index contributed by atoms with van der Waals surface area (Å²) < 4.78 is 0. The Labute approximate surface area is 104 Å². The zero-order chi connectivity index (χ0) is 11.7. The van der Waals surface area contributed by atoms with Crippen molar-refractivity contribution < 1.29 is 5.21 Å². The van der Waals surface area contributed by atoms with Gasteiger partial charge in [-0.3, -0.25) is 4.90 Å². The minimum absolute atomic E-state index is 0.483. The van der Waals surface area contributed by atoms with E-state index in [1.807, 2.05) is 0 Å². The van der Waals surface area contributed by atoms with Crippen LogP contribution in [0.1, 0.15) is 51.4 Å². The standard InChI is InChI=1S/C14H24N2O/c17-15-13-11-6-7-12(10-11)14(13)16-8-4-2-1-3-5-9-16/h11-12,14,17H,1-10H2/b15-13+/t11-,12+,14+/m0/s1. The van der Waals surface area contributed by atoms with Gasteiger partial charge in [0.05, 0.1) is 11.8 Å². The van der Waals surface area contributed by atoms with Crippen molar-refractivity contribution in [2.45, 2.75) is 57.4 Å². The molecule has 2 aliphatic carbocycles. The topological polar surface area (TPSA) is 35.8 Å². The third-order valence-corrected chi connectivity index (χ3v) is 5.04. The highest BCUT2D eigenvalue weighted by atomic mass is 16.4. The molecule has 1 heterocycles. The van der Waals surface area contributed by atoms with Crippen molar-refractivity contribution in [2.24, 2.45) is 17.0 Å². The van der Waals surface area contributed by atoms with Gasteiger partial charge in [-0.15, -0.1) is 0 Å². The predicted octanol–water partition coefficient (Wildman–Crippen LogP) is 2.88. The van der Waals surface area contributed by atoms with Crippen LogP contribution < -0.4 is 0 Å². The Morgan fingerprint density at radius 2 is 1.71 bits per heavy atom. The van der Waals surface area contributed by atoms with E-state index >= 15 is 0 Å². The molecule has 2 bridgehead atoms. The van der Waals surface area contributed by atoms with Gasteiger partial charge in [0, 0.05) is 5.92 Å². The SMILES string of the molecule is O/N=C1\[C@H]2CC[C@H](C2)[C@H]1N1CCCCCCC1. The van der Waals surface area contributed by atoms with Gasteiger partial charge in [0.1, 0.15) is 0 Å². The van der Waals surface area contributed by atoms with Gasteiger partial charge in [0.25, 0.3) is 0 Å². The van der Waals surface area contributed by atoms with Gasteiger partial charge in [-0.2, -0.15) is 0 Å². The lowest BCUT2D eigenvalue weighted by atomic mass is 9.91. The largest absolute Gasteiger partial charge is 0.411 e. The van der Waals surface area contributed by atoms with E-state index in [2.05, 4.69) is 10.1 Å². The molecular formula is C14H24N2O. The minimum Gasteiger partial charge on any atom is -0.411 e. The maximum absolute atomic E-state index is 9.28. The molecular weight excluding hydrogens is 212 g/mol. The molecule has 3 fully saturated rings.